The Hall–Kier alpha value is -3.59. The van der Waals surface area contributed by atoms with E-state index in [0.29, 0.717) is 6.61 Å². The number of ether oxygens (including phenoxy) is 1. The van der Waals surface area contributed by atoms with Gasteiger partial charge in [-0.2, -0.15) is 0 Å². The van der Waals surface area contributed by atoms with Gasteiger partial charge in [0, 0.05) is 12.1 Å². The highest BCUT2D eigenvalue weighted by Gasteiger charge is 2.12. The van der Waals surface area contributed by atoms with Crippen LogP contribution in [0.1, 0.15) is 12.0 Å². The highest BCUT2D eigenvalue weighted by atomic mass is 16.5. The van der Waals surface area contributed by atoms with Gasteiger partial charge in [-0.25, -0.2) is 4.98 Å². The fraction of sp³-hybridized carbons (Fsp3) is 0.148. The molecule has 0 aliphatic heterocycles. The van der Waals surface area contributed by atoms with Gasteiger partial charge in [0.15, 0.2) is 0 Å². The number of nitrogens with zero attached hydrogens (tertiary/aromatic N) is 2. The van der Waals surface area contributed by atoms with E-state index in [4.69, 9.17) is 9.72 Å². The summed E-state index contributed by atoms with van der Waals surface area (Å²) in [5.74, 6) is 1.94. The second-order valence-electron chi connectivity index (χ2n) is 7.65. The number of fused-ring (bicyclic) bond motifs is 2. The normalized spacial score (nSPS) is 11.2. The molecular formula is C27H24N2O. The van der Waals surface area contributed by atoms with Crippen molar-refractivity contribution in [1.82, 2.24) is 9.55 Å². The number of aryl methyl sites for hydroxylation is 2. The summed E-state index contributed by atoms with van der Waals surface area (Å²) in [7, 11) is 0. The van der Waals surface area contributed by atoms with E-state index in [1.165, 1.54) is 21.9 Å². The van der Waals surface area contributed by atoms with Crippen LogP contribution in [0.5, 0.6) is 5.75 Å². The maximum atomic E-state index is 6.05. The number of rotatable bonds is 6. The lowest BCUT2D eigenvalue weighted by atomic mass is 10.1. The molecule has 3 nitrogen and oxygen atoms in total. The third-order valence-electron chi connectivity index (χ3n) is 5.48. The lowest BCUT2D eigenvalue weighted by Gasteiger charge is -2.11. The van der Waals surface area contributed by atoms with Crippen molar-refractivity contribution in [2.24, 2.45) is 0 Å². The van der Waals surface area contributed by atoms with Crippen LogP contribution in [0, 0.1) is 6.92 Å². The van der Waals surface area contributed by atoms with Gasteiger partial charge in [-0.3, -0.25) is 0 Å². The lowest BCUT2D eigenvalue weighted by Crippen LogP contribution is -2.06. The molecule has 1 aromatic heterocycles. The van der Waals surface area contributed by atoms with E-state index in [0.717, 1.165) is 35.6 Å². The van der Waals surface area contributed by atoms with Crippen LogP contribution < -0.4 is 4.74 Å². The molecule has 0 aliphatic rings. The molecule has 5 aromatic rings. The highest BCUT2D eigenvalue weighted by molar-refractivity contribution is 5.83. The fourth-order valence-electron chi connectivity index (χ4n) is 3.89. The molecule has 0 saturated carbocycles. The SMILES string of the molecule is Cc1ccc(-c2nc3ccccc3n2CCCOc2ccc3ccccc3c2)cc1. The van der Waals surface area contributed by atoms with Gasteiger partial charge in [0.1, 0.15) is 11.6 Å². The van der Waals surface area contributed by atoms with Crippen LogP contribution in [-0.2, 0) is 6.54 Å². The summed E-state index contributed by atoms with van der Waals surface area (Å²) in [5, 5.41) is 2.44. The Balaban J connectivity index is 1.34. The number of para-hydroxylation sites is 2. The predicted molar refractivity (Wildman–Crippen MR) is 124 cm³/mol. The monoisotopic (exact) mass is 392 g/mol. The zero-order valence-corrected chi connectivity index (χ0v) is 17.1. The molecule has 4 aromatic carbocycles. The summed E-state index contributed by atoms with van der Waals surface area (Å²) in [4.78, 5) is 4.91. The van der Waals surface area contributed by atoms with Crippen molar-refractivity contribution in [2.75, 3.05) is 6.61 Å². The number of hydrogen-bond acceptors (Lipinski definition) is 2. The molecule has 30 heavy (non-hydrogen) atoms. The molecule has 148 valence electrons. The molecule has 0 aliphatic carbocycles. The van der Waals surface area contributed by atoms with Gasteiger partial charge >= 0.3 is 0 Å². The van der Waals surface area contributed by atoms with Crippen LogP contribution >= 0.6 is 0 Å². The van der Waals surface area contributed by atoms with E-state index in [9.17, 15) is 0 Å². The summed E-state index contributed by atoms with van der Waals surface area (Å²) < 4.78 is 8.36. The molecule has 0 radical (unpaired) electrons. The number of hydrogen-bond donors (Lipinski definition) is 0. The largest absolute Gasteiger partial charge is 0.494 e. The van der Waals surface area contributed by atoms with Gasteiger partial charge in [-0.15, -0.1) is 0 Å². The fourth-order valence-corrected chi connectivity index (χ4v) is 3.89. The van der Waals surface area contributed by atoms with Gasteiger partial charge in [0.2, 0.25) is 0 Å². The van der Waals surface area contributed by atoms with Crippen molar-refractivity contribution in [3.05, 3.63) is 96.6 Å². The van der Waals surface area contributed by atoms with E-state index in [1.807, 2.05) is 12.1 Å². The Morgan fingerprint density at radius 3 is 2.43 bits per heavy atom. The van der Waals surface area contributed by atoms with Crippen molar-refractivity contribution < 1.29 is 4.74 Å². The average Bonchev–Trinajstić information content (AvgIpc) is 3.16. The van der Waals surface area contributed by atoms with Crippen LogP contribution in [-0.4, -0.2) is 16.2 Å². The van der Waals surface area contributed by atoms with E-state index in [2.05, 4.69) is 90.4 Å². The van der Waals surface area contributed by atoms with Crippen LogP contribution in [0.25, 0.3) is 33.2 Å². The van der Waals surface area contributed by atoms with E-state index >= 15 is 0 Å². The molecule has 0 atom stereocenters. The van der Waals surface area contributed by atoms with E-state index in [1.54, 1.807) is 0 Å². The van der Waals surface area contributed by atoms with Crippen molar-refractivity contribution in [2.45, 2.75) is 19.9 Å². The minimum Gasteiger partial charge on any atom is -0.494 e. The average molecular weight is 393 g/mol. The molecule has 0 unspecified atom stereocenters. The zero-order chi connectivity index (χ0) is 20.3. The van der Waals surface area contributed by atoms with Crippen LogP contribution in [0.3, 0.4) is 0 Å². The van der Waals surface area contributed by atoms with Crippen molar-refractivity contribution >= 4 is 21.8 Å². The standard InChI is InChI=1S/C27H24N2O/c1-20-11-13-22(14-12-20)27-28-25-9-4-5-10-26(25)29(27)17-6-18-30-24-16-15-21-7-2-3-8-23(21)19-24/h2-5,7-16,19H,6,17-18H2,1H3. The minimum atomic E-state index is 0.665. The smallest absolute Gasteiger partial charge is 0.141 e. The van der Waals surface area contributed by atoms with E-state index in [-0.39, 0.29) is 0 Å². The molecule has 0 amide bonds. The Bertz CT molecular complexity index is 1300. The molecule has 1 heterocycles. The second-order valence-corrected chi connectivity index (χ2v) is 7.65. The Kier molecular flexibility index (Phi) is 4.94. The summed E-state index contributed by atoms with van der Waals surface area (Å²) in [6.07, 6.45) is 0.909. The second kappa shape index (κ2) is 8.03. The van der Waals surface area contributed by atoms with Gasteiger partial charge in [0.25, 0.3) is 0 Å². The minimum absolute atomic E-state index is 0.665. The number of aromatic nitrogens is 2. The van der Waals surface area contributed by atoms with Crippen molar-refractivity contribution in [3.63, 3.8) is 0 Å². The van der Waals surface area contributed by atoms with Crippen LogP contribution in [0.4, 0.5) is 0 Å². The maximum absolute atomic E-state index is 6.05. The molecule has 0 saturated heterocycles. The van der Waals surface area contributed by atoms with Gasteiger partial charge < -0.3 is 9.30 Å². The quantitative estimate of drug-likeness (QED) is 0.303. The number of imidazole rings is 1. The highest BCUT2D eigenvalue weighted by Crippen LogP contribution is 2.26. The van der Waals surface area contributed by atoms with Gasteiger partial charge in [0.05, 0.1) is 17.6 Å². The maximum Gasteiger partial charge on any atom is 0.141 e. The van der Waals surface area contributed by atoms with Crippen molar-refractivity contribution in [3.8, 4) is 17.1 Å². The van der Waals surface area contributed by atoms with Crippen molar-refractivity contribution in [1.29, 1.82) is 0 Å². The topological polar surface area (TPSA) is 27.1 Å². The molecule has 0 bridgehead atoms. The molecular weight excluding hydrogens is 368 g/mol. The number of benzene rings is 4. The summed E-state index contributed by atoms with van der Waals surface area (Å²) in [6, 6.07) is 31.6. The Labute approximate surface area is 176 Å². The van der Waals surface area contributed by atoms with E-state index < -0.39 is 0 Å². The molecule has 0 N–H and O–H groups in total. The first-order valence-corrected chi connectivity index (χ1v) is 10.4. The third kappa shape index (κ3) is 3.67. The van der Waals surface area contributed by atoms with Gasteiger partial charge in [-0.1, -0.05) is 72.3 Å². The lowest BCUT2D eigenvalue weighted by molar-refractivity contribution is 0.303. The predicted octanol–water partition coefficient (Wildman–Crippen LogP) is 6.63. The molecule has 0 fully saturated rings. The molecule has 5 rings (SSSR count). The first-order chi connectivity index (χ1) is 14.8. The first-order valence-electron chi connectivity index (χ1n) is 10.4. The van der Waals surface area contributed by atoms with Crippen LogP contribution in [0.2, 0.25) is 0 Å². The summed E-state index contributed by atoms with van der Waals surface area (Å²) >= 11 is 0. The Morgan fingerprint density at radius 1 is 0.800 bits per heavy atom. The summed E-state index contributed by atoms with van der Waals surface area (Å²) in [5.41, 5.74) is 4.60. The molecule has 0 spiro atoms. The first kappa shape index (κ1) is 18.4. The summed E-state index contributed by atoms with van der Waals surface area (Å²) in [6.45, 7) is 3.63. The van der Waals surface area contributed by atoms with Gasteiger partial charge in [-0.05, 0) is 48.4 Å². The zero-order valence-electron chi connectivity index (χ0n) is 17.1. The third-order valence-corrected chi connectivity index (χ3v) is 5.48. The van der Waals surface area contributed by atoms with Crippen LogP contribution in [0.15, 0.2) is 91.0 Å². The Morgan fingerprint density at radius 2 is 1.57 bits per heavy atom. The molecule has 3 heteroatoms.